The quantitative estimate of drug-likeness (QED) is 0.533. The van der Waals surface area contributed by atoms with Gasteiger partial charge >= 0.3 is 12.3 Å². The number of benzene rings is 1. The van der Waals surface area contributed by atoms with Crippen LogP contribution in [0, 0.1) is 0 Å². The second kappa shape index (κ2) is 9.59. The molecule has 0 heterocycles. The number of hydrogen-bond donors (Lipinski definition) is 2. The number of carbonyl (C=O) groups is 2. The number of halogens is 3. The number of carbonyl (C=O) groups excluding carboxylic acids is 2. The number of ether oxygens (including phenoxy) is 2. The highest BCUT2D eigenvalue weighted by atomic mass is 19.4. The Morgan fingerprint density at radius 1 is 1.11 bits per heavy atom. The molecule has 28 heavy (non-hydrogen) atoms. The van der Waals surface area contributed by atoms with Crippen LogP contribution < -0.4 is 10.9 Å². The lowest BCUT2D eigenvalue weighted by Gasteiger charge is -2.34. The molecule has 0 saturated carbocycles. The molecule has 0 aromatic heterocycles. The van der Waals surface area contributed by atoms with Crippen LogP contribution in [0.1, 0.15) is 39.2 Å². The lowest BCUT2D eigenvalue weighted by molar-refractivity contribution is -0.273. The highest BCUT2D eigenvalue weighted by Crippen LogP contribution is 2.38. The van der Waals surface area contributed by atoms with Crippen LogP contribution in [0.4, 0.5) is 18.0 Å². The van der Waals surface area contributed by atoms with Gasteiger partial charge in [-0.05, 0) is 39.2 Å². The van der Waals surface area contributed by atoms with Gasteiger partial charge in [-0.1, -0.05) is 36.4 Å². The molecule has 0 radical (unpaired) electrons. The van der Waals surface area contributed by atoms with E-state index in [9.17, 15) is 22.8 Å². The molecule has 156 valence electrons. The van der Waals surface area contributed by atoms with E-state index in [0.717, 1.165) is 0 Å². The van der Waals surface area contributed by atoms with Gasteiger partial charge in [-0.25, -0.2) is 10.2 Å². The number of nitrogens with one attached hydrogen (secondary N) is 2. The third kappa shape index (κ3) is 6.88. The fourth-order valence-corrected chi connectivity index (χ4v) is 2.20. The largest absolute Gasteiger partial charge is 0.443 e. The molecule has 1 rings (SSSR count). The zero-order chi connectivity index (χ0) is 21.4. The maximum atomic E-state index is 13.9. The monoisotopic (exact) mass is 402 g/mol. The first-order valence-corrected chi connectivity index (χ1v) is 8.56. The summed E-state index contributed by atoms with van der Waals surface area (Å²) in [5.74, 6) is -1.55. The Kier molecular flexibility index (Phi) is 8.04. The SMILES string of the molecule is C=CCC[C@@](OCc1ccccc1)(C(=O)NNC(=O)OC(C)(C)C)C(F)(F)F. The Hall–Kier alpha value is -2.55. The number of allylic oxidation sites excluding steroid dienone is 1. The van der Waals surface area contributed by atoms with Crippen molar-refractivity contribution < 1.29 is 32.2 Å². The average Bonchev–Trinajstić information content (AvgIpc) is 2.58. The van der Waals surface area contributed by atoms with E-state index in [1.807, 2.05) is 5.43 Å². The van der Waals surface area contributed by atoms with Gasteiger partial charge in [-0.3, -0.25) is 10.2 Å². The smallest absolute Gasteiger partial charge is 0.426 e. The zero-order valence-electron chi connectivity index (χ0n) is 16.1. The van der Waals surface area contributed by atoms with Crippen molar-refractivity contribution in [2.75, 3.05) is 0 Å². The van der Waals surface area contributed by atoms with Gasteiger partial charge in [0.15, 0.2) is 0 Å². The van der Waals surface area contributed by atoms with Gasteiger partial charge in [0.2, 0.25) is 5.60 Å². The summed E-state index contributed by atoms with van der Waals surface area (Å²) in [5.41, 5.74) is -0.0208. The maximum Gasteiger partial charge on any atom is 0.426 e. The van der Waals surface area contributed by atoms with E-state index in [2.05, 4.69) is 6.58 Å². The van der Waals surface area contributed by atoms with Crippen LogP contribution in [0.25, 0.3) is 0 Å². The molecule has 1 atom stereocenters. The van der Waals surface area contributed by atoms with Gasteiger partial charge in [0.25, 0.3) is 5.91 Å². The number of alkyl halides is 3. The standard InChI is InChI=1S/C19H25F3N2O4/c1-5-6-12-18(19(20,21)22,27-13-14-10-8-7-9-11-14)15(25)23-24-16(26)28-17(2,3)4/h5,7-11H,1,6,12-13H2,2-4H3,(H,23,25)(H,24,26)/t18-/m1/s1. The van der Waals surface area contributed by atoms with Crippen LogP contribution >= 0.6 is 0 Å². The fourth-order valence-electron chi connectivity index (χ4n) is 2.20. The molecular formula is C19H25F3N2O4. The molecule has 2 N–H and O–H groups in total. The Bertz CT molecular complexity index is 672. The molecular weight excluding hydrogens is 377 g/mol. The molecule has 0 bridgehead atoms. The third-order valence-corrected chi connectivity index (χ3v) is 3.53. The van der Waals surface area contributed by atoms with E-state index in [-0.39, 0.29) is 6.42 Å². The Labute approximate surface area is 162 Å². The summed E-state index contributed by atoms with van der Waals surface area (Å²) >= 11 is 0. The summed E-state index contributed by atoms with van der Waals surface area (Å²) in [6.45, 7) is 7.66. The molecule has 0 fully saturated rings. The van der Waals surface area contributed by atoms with Crippen LogP contribution in [-0.4, -0.2) is 29.4 Å². The van der Waals surface area contributed by atoms with E-state index in [1.54, 1.807) is 56.5 Å². The van der Waals surface area contributed by atoms with Gasteiger partial charge in [-0.2, -0.15) is 13.2 Å². The minimum Gasteiger partial charge on any atom is -0.443 e. The summed E-state index contributed by atoms with van der Waals surface area (Å²) in [6.07, 6.45) is -5.71. The Balaban J connectivity index is 3.01. The van der Waals surface area contributed by atoms with E-state index in [0.29, 0.717) is 5.56 Å². The highest BCUT2D eigenvalue weighted by molar-refractivity contribution is 5.87. The third-order valence-electron chi connectivity index (χ3n) is 3.53. The first-order chi connectivity index (χ1) is 12.9. The molecule has 0 aliphatic rings. The van der Waals surface area contributed by atoms with E-state index >= 15 is 0 Å². The Morgan fingerprint density at radius 2 is 1.71 bits per heavy atom. The molecule has 1 aromatic rings. The van der Waals surface area contributed by atoms with Gasteiger partial charge in [0.05, 0.1) is 6.61 Å². The summed E-state index contributed by atoms with van der Waals surface area (Å²) in [5, 5.41) is 0. The molecule has 0 spiro atoms. The molecule has 0 saturated heterocycles. The topological polar surface area (TPSA) is 76.7 Å². The van der Waals surface area contributed by atoms with Crippen molar-refractivity contribution in [2.45, 2.75) is 57.6 Å². The van der Waals surface area contributed by atoms with Crippen molar-refractivity contribution >= 4 is 12.0 Å². The van der Waals surface area contributed by atoms with Crippen LogP contribution in [0.3, 0.4) is 0 Å². The maximum absolute atomic E-state index is 13.9. The van der Waals surface area contributed by atoms with Gasteiger partial charge in [0, 0.05) is 0 Å². The second-order valence-corrected chi connectivity index (χ2v) is 7.01. The molecule has 2 amide bonds. The number of amides is 2. The van der Waals surface area contributed by atoms with Crippen molar-refractivity contribution in [3.05, 3.63) is 48.6 Å². The molecule has 0 aliphatic heterocycles. The van der Waals surface area contributed by atoms with Crippen LogP contribution in [0.2, 0.25) is 0 Å². The van der Waals surface area contributed by atoms with E-state index in [1.165, 1.54) is 6.08 Å². The van der Waals surface area contributed by atoms with Crippen molar-refractivity contribution in [1.82, 2.24) is 10.9 Å². The molecule has 6 nitrogen and oxygen atoms in total. The number of hydrogen-bond acceptors (Lipinski definition) is 4. The lowest BCUT2D eigenvalue weighted by Crippen LogP contribution is -2.62. The molecule has 9 heteroatoms. The normalized spacial score (nSPS) is 13.9. The van der Waals surface area contributed by atoms with Crippen molar-refractivity contribution in [1.29, 1.82) is 0 Å². The fraction of sp³-hybridized carbons (Fsp3) is 0.474. The summed E-state index contributed by atoms with van der Waals surface area (Å²) in [4.78, 5) is 24.1. The van der Waals surface area contributed by atoms with Crippen LogP contribution in [0.15, 0.2) is 43.0 Å². The summed E-state index contributed by atoms with van der Waals surface area (Å²) < 4.78 is 51.6. The molecule has 1 aromatic carbocycles. The first-order valence-electron chi connectivity index (χ1n) is 8.56. The second-order valence-electron chi connectivity index (χ2n) is 7.01. The lowest BCUT2D eigenvalue weighted by atomic mass is 9.95. The average molecular weight is 402 g/mol. The predicted octanol–water partition coefficient (Wildman–Crippen LogP) is 4.03. The summed E-state index contributed by atoms with van der Waals surface area (Å²) in [7, 11) is 0. The highest BCUT2D eigenvalue weighted by Gasteiger charge is 2.61. The Morgan fingerprint density at radius 3 is 2.21 bits per heavy atom. The van der Waals surface area contributed by atoms with Gasteiger partial charge in [-0.15, -0.1) is 6.58 Å². The minimum absolute atomic E-state index is 0.131. The van der Waals surface area contributed by atoms with Gasteiger partial charge < -0.3 is 9.47 Å². The minimum atomic E-state index is -5.04. The first kappa shape index (κ1) is 23.5. The zero-order valence-corrected chi connectivity index (χ0v) is 16.1. The number of rotatable bonds is 7. The van der Waals surface area contributed by atoms with Gasteiger partial charge in [0.1, 0.15) is 5.60 Å². The molecule has 0 aliphatic carbocycles. The number of hydrazine groups is 1. The van der Waals surface area contributed by atoms with E-state index < -0.39 is 42.4 Å². The van der Waals surface area contributed by atoms with Crippen LogP contribution in [0.5, 0.6) is 0 Å². The van der Waals surface area contributed by atoms with E-state index in [4.69, 9.17) is 9.47 Å². The predicted molar refractivity (Wildman–Crippen MR) is 97.0 cm³/mol. The molecule has 0 unspecified atom stereocenters. The van der Waals surface area contributed by atoms with Crippen molar-refractivity contribution in [3.8, 4) is 0 Å². The summed E-state index contributed by atoms with van der Waals surface area (Å²) in [6, 6.07) is 8.14. The van der Waals surface area contributed by atoms with Crippen molar-refractivity contribution in [2.24, 2.45) is 0 Å². The van der Waals surface area contributed by atoms with Crippen molar-refractivity contribution in [3.63, 3.8) is 0 Å². The van der Waals surface area contributed by atoms with Crippen LogP contribution in [-0.2, 0) is 20.9 Å².